The Hall–Kier alpha value is -3.46. The Morgan fingerprint density at radius 3 is 2.59 bits per heavy atom. The maximum Gasteiger partial charge on any atom is 0.304 e. The average Bonchev–Trinajstić information content (AvgIpc) is 3.06. The molecule has 4 aromatic rings. The maximum absolute atomic E-state index is 12.3. The molecule has 2 aromatic carbocycles. The lowest BCUT2D eigenvalue weighted by molar-refractivity contribution is 0.440. The van der Waals surface area contributed by atoms with Crippen LogP contribution in [0.5, 0.6) is 11.8 Å². The van der Waals surface area contributed by atoms with Crippen molar-refractivity contribution in [1.82, 2.24) is 19.7 Å². The molecule has 0 amide bonds. The Labute approximate surface area is 154 Å². The summed E-state index contributed by atoms with van der Waals surface area (Å²) in [7, 11) is -3.38. The van der Waals surface area contributed by atoms with Crippen LogP contribution in [0.1, 0.15) is 0 Å². The van der Waals surface area contributed by atoms with E-state index in [9.17, 15) is 13.2 Å². The van der Waals surface area contributed by atoms with Gasteiger partial charge in [0.1, 0.15) is 11.1 Å². The summed E-state index contributed by atoms with van der Waals surface area (Å²) in [6.45, 7) is 0. The van der Waals surface area contributed by atoms with Gasteiger partial charge < -0.3 is 4.74 Å². The van der Waals surface area contributed by atoms with Gasteiger partial charge in [0.05, 0.1) is 16.8 Å². The molecule has 0 aliphatic carbocycles. The SMILES string of the molecule is CS(=O)(=O)c1cccc(Oc2nc3c(cnn3-c3ccccc3)c(=O)[nH]2)c1. The fourth-order valence-corrected chi connectivity index (χ4v) is 3.24. The minimum atomic E-state index is -3.38. The summed E-state index contributed by atoms with van der Waals surface area (Å²) in [4.78, 5) is 19.3. The van der Waals surface area contributed by atoms with Crippen molar-refractivity contribution in [1.29, 1.82) is 0 Å². The van der Waals surface area contributed by atoms with Gasteiger partial charge in [0.25, 0.3) is 5.56 Å². The van der Waals surface area contributed by atoms with Crippen LogP contribution in [0.4, 0.5) is 0 Å². The van der Waals surface area contributed by atoms with E-state index in [0.29, 0.717) is 11.0 Å². The third kappa shape index (κ3) is 3.32. The molecule has 2 heterocycles. The highest BCUT2D eigenvalue weighted by Gasteiger charge is 2.13. The Morgan fingerprint density at radius 2 is 1.85 bits per heavy atom. The van der Waals surface area contributed by atoms with Crippen molar-refractivity contribution in [3.8, 4) is 17.4 Å². The number of sulfone groups is 1. The fraction of sp³-hybridized carbons (Fsp3) is 0.0556. The molecule has 8 nitrogen and oxygen atoms in total. The zero-order chi connectivity index (χ0) is 19.0. The van der Waals surface area contributed by atoms with Crippen molar-refractivity contribution in [2.45, 2.75) is 4.90 Å². The molecule has 0 saturated heterocycles. The van der Waals surface area contributed by atoms with Gasteiger partial charge in [0.15, 0.2) is 15.5 Å². The van der Waals surface area contributed by atoms with E-state index in [1.54, 1.807) is 12.1 Å². The van der Waals surface area contributed by atoms with Crippen LogP contribution in [0.25, 0.3) is 16.7 Å². The first-order valence-electron chi connectivity index (χ1n) is 7.93. The summed E-state index contributed by atoms with van der Waals surface area (Å²) in [6.07, 6.45) is 2.54. The van der Waals surface area contributed by atoms with Crippen LogP contribution in [0.3, 0.4) is 0 Å². The van der Waals surface area contributed by atoms with Crippen LogP contribution in [-0.4, -0.2) is 34.4 Å². The van der Waals surface area contributed by atoms with Gasteiger partial charge in [-0.25, -0.2) is 13.1 Å². The van der Waals surface area contributed by atoms with Crippen LogP contribution in [-0.2, 0) is 9.84 Å². The monoisotopic (exact) mass is 382 g/mol. The summed E-state index contributed by atoms with van der Waals surface area (Å²) in [6, 6.07) is 15.2. The molecule has 4 rings (SSSR count). The van der Waals surface area contributed by atoms with E-state index in [-0.39, 0.29) is 16.7 Å². The van der Waals surface area contributed by atoms with Crippen molar-refractivity contribution < 1.29 is 13.2 Å². The highest BCUT2D eigenvalue weighted by molar-refractivity contribution is 7.90. The molecular weight excluding hydrogens is 368 g/mol. The minimum absolute atomic E-state index is 0.0594. The van der Waals surface area contributed by atoms with Gasteiger partial charge in [-0.05, 0) is 30.3 Å². The first-order valence-corrected chi connectivity index (χ1v) is 9.82. The second-order valence-corrected chi connectivity index (χ2v) is 7.87. The lowest BCUT2D eigenvalue weighted by Gasteiger charge is -2.07. The molecule has 0 unspecified atom stereocenters. The van der Waals surface area contributed by atoms with Gasteiger partial charge in [0, 0.05) is 6.26 Å². The summed E-state index contributed by atoms with van der Waals surface area (Å²) in [5.74, 6) is 0.242. The standard InChI is InChI=1S/C18H14N4O4S/c1-27(24,25)14-9-5-8-13(10-14)26-18-20-16-15(17(23)21-18)11-19-22(16)12-6-3-2-4-7-12/h2-11H,1H3,(H,20,21,23). The topological polar surface area (TPSA) is 107 Å². The van der Waals surface area contributed by atoms with E-state index < -0.39 is 15.4 Å². The zero-order valence-electron chi connectivity index (χ0n) is 14.2. The molecule has 0 aliphatic rings. The number of nitrogens with zero attached hydrogens (tertiary/aromatic N) is 3. The van der Waals surface area contributed by atoms with E-state index >= 15 is 0 Å². The summed E-state index contributed by atoms with van der Waals surface area (Å²) in [5.41, 5.74) is 0.672. The predicted molar refractivity (Wildman–Crippen MR) is 99.1 cm³/mol. The first-order chi connectivity index (χ1) is 12.9. The number of H-pyrrole nitrogens is 1. The minimum Gasteiger partial charge on any atom is -0.425 e. The molecular formula is C18H14N4O4S. The van der Waals surface area contributed by atoms with Gasteiger partial charge in [-0.2, -0.15) is 10.1 Å². The largest absolute Gasteiger partial charge is 0.425 e. The lowest BCUT2D eigenvalue weighted by Crippen LogP contribution is -2.10. The molecule has 136 valence electrons. The number of rotatable bonds is 4. The normalized spacial score (nSPS) is 11.6. The van der Waals surface area contributed by atoms with Crippen LogP contribution in [0, 0.1) is 0 Å². The number of hydrogen-bond donors (Lipinski definition) is 1. The number of benzene rings is 2. The molecule has 0 radical (unpaired) electrons. The fourth-order valence-electron chi connectivity index (χ4n) is 2.58. The average molecular weight is 382 g/mol. The second-order valence-electron chi connectivity index (χ2n) is 5.85. The van der Waals surface area contributed by atoms with Gasteiger partial charge in [0.2, 0.25) is 0 Å². The number of fused-ring (bicyclic) bond motifs is 1. The van der Waals surface area contributed by atoms with Crippen LogP contribution < -0.4 is 10.3 Å². The zero-order valence-corrected chi connectivity index (χ0v) is 15.0. The van der Waals surface area contributed by atoms with Crippen molar-refractivity contribution in [2.75, 3.05) is 6.26 Å². The van der Waals surface area contributed by atoms with E-state index in [2.05, 4.69) is 15.1 Å². The van der Waals surface area contributed by atoms with Crippen molar-refractivity contribution in [2.24, 2.45) is 0 Å². The number of para-hydroxylation sites is 1. The second kappa shape index (κ2) is 6.36. The van der Waals surface area contributed by atoms with E-state index in [1.165, 1.54) is 23.0 Å². The number of nitrogens with one attached hydrogen (secondary N) is 1. The molecule has 0 aliphatic heterocycles. The molecule has 0 saturated carbocycles. The molecule has 2 aromatic heterocycles. The smallest absolute Gasteiger partial charge is 0.304 e. The van der Waals surface area contributed by atoms with Crippen LogP contribution >= 0.6 is 0 Å². The Balaban J connectivity index is 1.79. The predicted octanol–water partition coefficient (Wildman–Crippen LogP) is 2.30. The van der Waals surface area contributed by atoms with Gasteiger partial charge in [-0.1, -0.05) is 24.3 Å². The molecule has 0 atom stereocenters. The third-order valence-corrected chi connectivity index (χ3v) is 4.98. The maximum atomic E-state index is 12.3. The molecule has 0 fully saturated rings. The van der Waals surface area contributed by atoms with Crippen molar-refractivity contribution >= 4 is 20.9 Å². The van der Waals surface area contributed by atoms with Gasteiger partial charge in [-0.15, -0.1) is 0 Å². The first kappa shape index (κ1) is 17.0. The molecule has 1 N–H and O–H groups in total. The Bertz CT molecular complexity index is 1290. The van der Waals surface area contributed by atoms with Crippen molar-refractivity contribution in [3.05, 3.63) is 71.1 Å². The number of aromatic nitrogens is 4. The number of ether oxygens (including phenoxy) is 1. The van der Waals surface area contributed by atoms with E-state index in [1.807, 2.05) is 30.3 Å². The number of hydrogen-bond acceptors (Lipinski definition) is 6. The quantitative estimate of drug-likeness (QED) is 0.580. The van der Waals surface area contributed by atoms with E-state index in [4.69, 9.17) is 4.74 Å². The van der Waals surface area contributed by atoms with Gasteiger partial charge >= 0.3 is 6.01 Å². The van der Waals surface area contributed by atoms with E-state index in [0.717, 1.165) is 11.9 Å². The highest BCUT2D eigenvalue weighted by atomic mass is 32.2. The Kier molecular flexibility index (Phi) is 4.00. The summed E-state index contributed by atoms with van der Waals surface area (Å²) >= 11 is 0. The highest BCUT2D eigenvalue weighted by Crippen LogP contribution is 2.22. The number of aromatic amines is 1. The summed E-state index contributed by atoms with van der Waals surface area (Å²) in [5, 5.41) is 4.54. The third-order valence-electron chi connectivity index (χ3n) is 3.87. The van der Waals surface area contributed by atoms with Crippen molar-refractivity contribution in [3.63, 3.8) is 0 Å². The molecule has 0 spiro atoms. The lowest BCUT2D eigenvalue weighted by atomic mass is 10.3. The Morgan fingerprint density at radius 1 is 1.07 bits per heavy atom. The van der Waals surface area contributed by atoms with Crippen LogP contribution in [0.2, 0.25) is 0 Å². The van der Waals surface area contributed by atoms with Crippen LogP contribution in [0.15, 0.2) is 70.5 Å². The summed E-state index contributed by atoms with van der Waals surface area (Å²) < 4.78 is 30.5. The molecule has 9 heteroatoms. The molecule has 0 bridgehead atoms. The molecule has 27 heavy (non-hydrogen) atoms. The van der Waals surface area contributed by atoms with Gasteiger partial charge in [-0.3, -0.25) is 9.78 Å².